The average molecular weight is 435 g/mol. The minimum absolute atomic E-state index is 0.148. The maximum Gasteiger partial charge on any atom is 0.262 e. The van der Waals surface area contributed by atoms with Gasteiger partial charge in [-0.15, -0.1) is 0 Å². The molecule has 2 aromatic carbocycles. The standard InChI is InChI=1S/C26H30N2O4/c1-26(2)16-19(13-15-32-26)20(18-8-4-3-5-9-18)12-14-27-23(29)17-28-24(30)21-10-6-7-11-22(21)25(28)31/h3-11,19-20H,12-17H2,1-2H3,(H,27,29)/t19-,20-/m1/s1. The minimum Gasteiger partial charge on any atom is -0.376 e. The smallest absolute Gasteiger partial charge is 0.262 e. The lowest BCUT2D eigenvalue weighted by molar-refractivity contribution is -0.121. The number of carbonyl (C=O) groups excluding carboxylic acids is 3. The molecule has 2 aliphatic rings. The van der Waals surface area contributed by atoms with Gasteiger partial charge in [-0.05, 0) is 62.6 Å². The molecule has 0 aromatic heterocycles. The summed E-state index contributed by atoms with van der Waals surface area (Å²) in [6.07, 6.45) is 2.75. The number of fused-ring (bicyclic) bond motifs is 1. The van der Waals surface area contributed by atoms with Crippen LogP contribution in [0.25, 0.3) is 0 Å². The third-order valence-corrected chi connectivity index (χ3v) is 6.49. The predicted molar refractivity (Wildman–Crippen MR) is 121 cm³/mol. The van der Waals surface area contributed by atoms with Gasteiger partial charge in [0.2, 0.25) is 5.91 Å². The fraction of sp³-hybridized carbons (Fsp3) is 0.423. The SMILES string of the molecule is CC1(C)C[C@H]([C@H](CCNC(=O)CN2C(=O)c3ccccc3C2=O)c2ccccc2)CCO1. The summed E-state index contributed by atoms with van der Waals surface area (Å²) in [5, 5.41) is 2.92. The molecule has 0 unspecified atom stereocenters. The molecule has 3 amide bonds. The number of hydrogen-bond donors (Lipinski definition) is 1. The number of nitrogens with one attached hydrogen (secondary N) is 1. The molecular weight excluding hydrogens is 404 g/mol. The Morgan fingerprint density at radius 1 is 1.06 bits per heavy atom. The Hall–Kier alpha value is -2.99. The van der Waals surface area contributed by atoms with Gasteiger partial charge in [0.05, 0.1) is 16.7 Å². The van der Waals surface area contributed by atoms with Gasteiger partial charge in [0, 0.05) is 13.2 Å². The van der Waals surface area contributed by atoms with E-state index in [1.165, 1.54) is 5.56 Å². The van der Waals surface area contributed by atoms with Crippen molar-refractivity contribution in [3.8, 4) is 0 Å². The van der Waals surface area contributed by atoms with E-state index in [9.17, 15) is 14.4 Å². The van der Waals surface area contributed by atoms with E-state index >= 15 is 0 Å². The molecule has 0 spiro atoms. The summed E-state index contributed by atoms with van der Waals surface area (Å²) >= 11 is 0. The normalized spacial score (nSPS) is 20.7. The lowest BCUT2D eigenvalue weighted by atomic mass is 9.75. The highest BCUT2D eigenvalue weighted by atomic mass is 16.5. The van der Waals surface area contributed by atoms with E-state index in [4.69, 9.17) is 4.74 Å². The minimum atomic E-state index is -0.410. The van der Waals surface area contributed by atoms with E-state index in [2.05, 4.69) is 31.3 Å². The molecule has 2 aromatic rings. The number of imide groups is 1. The number of nitrogens with zero attached hydrogens (tertiary/aromatic N) is 1. The molecule has 168 valence electrons. The summed E-state index contributed by atoms with van der Waals surface area (Å²) in [4.78, 5) is 38.6. The molecule has 1 N–H and O–H groups in total. The average Bonchev–Trinajstić information content (AvgIpc) is 3.02. The van der Waals surface area contributed by atoms with E-state index < -0.39 is 11.8 Å². The predicted octanol–water partition coefficient (Wildman–Crippen LogP) is 3.78. The van der Waals surface area contributed by atoms with Gasteiger partial charge in [0.15, 0.2) is 0 Å². The Morgan fingerprint density at radius 3 is 2.31 bits per heavy atom. The van der Waals surface area contributed by atoms with Gasteiger partial charge in [0.1, 0.15) is 6.54 Å². The van der Waals surface area contributed by atoms with Gasteiger partial charge in [-0.25, -0.2) is 0 Å². The third kappa shape index (κ3) is 4.75. The number of rotatable bonds is 7. The lowest BCUT2D eigenvalue weighted by Gasteiger charge is -2.39. The zero-order valence-electron chi connectivity index (χ0n) is 18.7. The fourth-order valence-corrected chi connectivity index (χ4v) is 4.95. The van der Waals surface area contributed by atoms with Crippen LogP contribution in [0.2, 0.25) is 0 Å². The monoisotopic (exact) mass is 434 g/mol. The van der Waals surface area contributed by atoms with Crippen LogP contribution in [0.15, 0.2) is 54.6 Å². The van der Waals surface area contributed by atoms with E-state index in [1.807, 2.05) is 18.2 Å². The molecule has 2 heterocycles. The fourth-order valence-electron chi connectivity index (χ4n) is 4.95. The van der Waals surface area contributed by atoms with Gasteiger partial charge in [-0.2, -0.15) is 0 Å². The number of benzene rings is 2. The molecule has 6 heteroatoms. The van der Waals surface area contributed by atoms with Gasteiger partial charge < -0.3 is 10.1 Å². The van der Waals surface area contributed by atoms with Gasteiger partial charge in [0.25, 0.3) is 11.8 Å². The van der Waals surface area contributed by atoms with Crippen LogP contribution >= 0.6 is 0 Å². The van der Waals surface area contributed by atoms with Crippen LogP contribution in [0.3, 0.4) is 0 Å². The summed E-state index contributed by atoms with van der Waals surface area (Å²) in [6.45, 7) is 5.23. The van der Waals surface area contributed by atoms with E-state index in [-0.39, 0.29) is 18.1 Å². The topological polar surface area (TPSA) is 75.7 Å². The maximum atomic E-state index is 12.6. The van der Waals surface area contributed by atoms with Crippen LogP contribution < -0.4 is 5.32 Å². The Labute approximate surface area is 188 Å². The van der Waals surface area contributed by atoms with Crippen molar-refractivity contribution >= 4 is 17.7 Å². The molecule has 32 heavy (non-hydrogen) atoms. The number of amides is 3. The van der Waals surface area contributed by atoms with Crippen molar-refractivity contribution in [3.63, 3.8) is 0 Å². The summed E-state index contributed by atoms with van der Waals surface area (Å²) in [5.74, 6) is -0.369. The Kier molecular flexibility index (Phi) is 6.42. The second-order valence-electron chi connectivity index (χ2n) is 9.26. The first-order chi connectivity index (χ1) is 15.4. The van der Waals surface area contributed by atoms with Crippen LogP contribution in [0, 0.1) is 5.92 Å². The van der Waals surface area contributed by atoms with E-state index in [1.54, 1.807) is 24.3 Å². The van der Waals surface area contributed by atoms with Crippen molar-refractivity contribution in [2.75, 3.05) is 19.7 Å². The van der Waals surface area contributed by atoms with Crippen LogP contribution in [0.5, 0.6) is 0 Å². The van der Waals surface area contributed by atoms with Crippen molar-refractivity contribution in [1.82, 2.24) is 10.2 Å². The van der Waals surface area contributed by atoms with Crippen molar-refractivity contribution in [1.29, 1.82) is 0 Å². The molecule has 1 fully saturated rings. The second-order valence-corrected chi connectivity index (χ2v) is 9.26. The summed E-state index contributed by atoms with van der Waals surface area (Å²) < 4.78 is 5.91. The number of hydrogen-bond acceptors (Lipinski definition) is 4. The summed E-state index contributed by atoms with van der Waals surface area (Å²) in [6, 6.07) is 17.1. The van der Waals surface area contributed by atoms with Gasteiger partial charge in [-0.3, -0.25) is 19.3 Å². The number of carbonyl (C=O) groups is 3. The van der Waals surface area contributed by atoms with Crippen LogP contribution in [-0.2, 0) is 9.53 Å². The molecule has 2 atom stereocenters. The largest absolute Gasteiger partial charge is 0.376 e. The third-order valence-electron chi connectivity index (χ3n) is 6.49. The highest BCUT2D eigenvalue weighted by Gasteiger charge is 2.37. The molecule has 0 bridgehead atoms. The molecule has 0 saturated carbocycles. The molecule has 0 radical (unpaired) electrons. The van der Waals surface area contributed by atoms with E-state index in [0.717, 1.165) is 30.8 Å². The van der Waals surface area contributed by atoms with Gasteiger partial charge >= 0.3 is 0 Å². The quantitative estimate of drug-likeness (QED) is 0.673. The first-order valence-corrected chi connectivity index (χ1v) is 11.3. The van der Waals surface area contributed by atoms with Gasteiger partial charge in [-0.1, -0.05) is 42.5 Å². The zero-order chi connectivity index (χ0) is 22.7. The highest BCUT2D eigenvalue weighted by Crippen LogP contribution is 2.39. The van der Waals surface area contributed by atoms with E-state index in [0.29, 0.717) is 29.5 Å². The van der Waals surface area contributed by atoms with Crippen LogP contribution in [0.4, 0.5) is 0 Å². The van der Waals surface area contributed by atoms with Crippen molar-refractivity contribution in [2.45, 2.75) is 44.6 Å². The Bertz CT molecular complexity index is 967. The van der Waals surface area contributed by atoms with Crippen molar-refractivity contribution in [3.05, 3.63) is 71.3 Å². The first kappa shape index (κ1) is 22.2. The molecule has 0 aliphatic carbocycles. The first-order valence-electron chi connectivity index (χ1n) is 11.3. The lowest BCUT2D eigenvalue weighted by Crippen LogP contribution is -2.41. The molecule has 6 nitrogen and oxygen atoms in total. The molecule has 4 rings (SSSR count). The maximum absolute atomic E-state index is 12.6. The zero-order valence-corrected chi connectivity index (χ0v) is 18.7. The van der Waals surface area contributed by atoms with Crippen molar-refractivity contribution < 1.29 is 19.1 Å². The summed E-state index contributed by atoms with van der Waals surface area (Å²) in [5.41, 5.74) is 1.84. The molecule has 2 aliphatic heterocycles. The number of ether oxygens (including phenoxy) is 1. The second kappa shape index (κ2) is 9.25. The summed E-state index contributed by atoms with van der Waals surface area (Å²) in [7, 11) is 0. The molecule has 1 saturated heterocycles. The Morgan fingerprint density at radius 2 is 1.69 bits per heavy atom. The molecular formula is C26H30N2O4. The van der Waals surface area contributed by atoms with Crippen molar-refractivity contribution in [2.24, 2.45) is 5.92 Å². The van der Waals surface area contributed by atoms with Crippen LogP contribution in [-0.4, -0.2) is 47.9 Å². The van der Waals surface area contributed by atoms with Crippen LogP contribution in [0.1, 0.15) is 65.3 Å². The Balaban J connectivity index is 1.36. The highest BCUT2D eigenvalue weighted by molar-refractivity contribution is 6.22.